The topological polar surface area (TPSA) is 77.9 Å². The zero-order valence-corrected chi connectivity index (χ0v) is 15.4. The maximum Gasteiger partial charge on any atom is 0.335 e. The first-order chi connectivity index (χ1) is 12.4. The van der Waals surface area contributed by atoms with Crippen molar-refractivity contribution in [3.05, 3.63) is 34.9 Å². The molecule has 2 aliphatic rings. The Bertz CT molecular complexity index is 731. The van der Waals surface area contributed by atoms with Crippen LogP contribution in [0.25, 0.3) is 0 Å². The SMILES string of the molecule is CCC(C)C(=O)N1CCCC(C(=O)N2Cc3ccc(C(=O)O)cc3C2)C1. The summed E-state index contributed by atoms with van der Waals surface area (Å²) < 4.78 is 0. The van der Waals surface area contributed by atoms with Crippen molar-refractivity contribution in [3.63, 3.8) is 0 Å². The first kappa shape index (κ1) is 18.4. The van der Waals surface area contributed by atoms with E-state index in [9.17, 15) is 14.4 Å². The number of carboxylic acids is 1. The van der Waals surface area contributed by atoms with Crippen molar-refractivity contribution in [2.24, 2.45) is 11.8 Å². The third-order valence-corrected chi connectivity index (χ3v) is 5.60. The van der Waals surface area contributed by atoms with E-state index in [1.807, 2.05) is 18.7 Å². The Morgan fingerprint density at radius 1 is 1.19 bits per heavy atom. The fourth-order valence-corrected chi connectivity index (χ4v) is 3.81. The van der Waals surface area contributed by atoms with E-state index >= 15 is 0 Å². The average molecular weight is 358 g/mol. The van der Waals surface area contributed by atoms with E-state index in [2.05, 4.69) is 0 Å². The first-order valence-corrected chi connectivity index (χ1v) is 9.33. The number of carboxylic acid groups (broad SMARTS) is 1. The molecular weight excluding hydrogens is 332 g/mol. The first-order valence-electron chi connectivity index (χ1n) is 9.33. The van der Waals surface area contributed by atoms with E-state index in [4.69, 9.17) is 5.11 Å². The lowest BCUT2D eigenvalue weighted by molar-refractivity contribution is -0.143. The molecular formula is C20H26N2O4. The Morgan fingerprint density at radius 3 is 2.62 bits per heavy atom. The minimum Gasteiger partial charge on any atom is -0.478 e. The van der Waals surface area contributed by atoms with Crippen LogP contribution in [0, 0.1) is 11.8 Å². The van der Waals surface area contributed by atoms with Crippen LogP contribution in [0.15, 0.2) is 18.2 Å². The third-order valence-electron chi connectivity index (χ3n) is 5.60. The van der Waals surface area contributed by atoms with Gasteiger partial charge in [-0.15, -0.1) is 0 Å². The minimum atomic E-state index is -0.955. The summed E-state index contributed by atoms with van der Waals surface area (Å²) in [6.45, 7) is 6.13. The summed E-state index contributed by atoms with van der Waals surface area (Å²) >= 11 is 0. The maximum atomic E-state index is 13.0. The van der Waals surface area contributed by atoms with Gasteiger partial charge in [-0.05, 0) is 42.5 Å². The Balaban J connectivity index is 1.66. The van der Waals surface area contributed by atoms with Crippen molar-refractivity contribution in [2.75, 3.05) is 13.1 Å². The lowest BCUT2D eigenvalue weighted by atomic mass is 9.95. The quantitative estimate of drug-likeness (QED) is 0.897. The average Bonchev–Trinajstić information content (AvgIpc) is 3.09. The lowest BCUT2D eigenvalue weighted by Gasteiger charge is -2.35. The molecule has 2 amide bonds. The number of amides is 2. The van der Waals surface area contributed by atoms with Crippen molar-refractivity contribution in [1.29, 1.82) is 0 Å². The van der Waals surface area contributed by atoms with Crippen molar-refractivity contribution in [3.8, 4) is 0 Å². The predicted molar refractivity (Wildman–Crippen MR) is 96.4 cm³/mol. The Morgan fingerprint density at radius 2 is 1.92 bits per heavy atom. The van der Waals surface area contributed by atoms with Gasteiger partial charge < -0.3 is 14.9 Å². The molecule has 2 aliphatic heterocycles. The molecule has 1 fully saturated rings. The number of hydrogen-bond acceptors (Lipinski definition) is 3. The second-order valence-electron chi connectivity index (χ2n) is 7.42. The van der Waals surface area contributed by atoms with Gasteiger partial charge in [-0.3, -0.25) is 9.59 Å². The fraction of sp³-hybridized carbons (Fsp3) is 0.550. The van der Waals surface area contributed by atoms with E-state index in [1.165, 1.54) is 0 Å². The van der Waals surface area contributed by atoms with Crippen LogP contribution in [0.5, 0.6) is 0 Å². The van der Waals surface area contributed by atoms with E-state index in [1.54, 1.807) is 23.1 Å². The third kappa shape index (κ3) is 3.59. The zero-order valence-electron chi connectivity index (χ0n) is 15.4. The molecule has 2 atom stereocenters. The summed E-state index contributed by atoms with van der Waals surface area (Å²) in [5.41, 5.74) is 2.16. The number of fused-ring (bicyclic) bond motifs is 1. The monoisotopic (exact) mass is 358 g/mol. The molecule has 1 N–H and O–H groups in total. The molecule has 0 spiro atoms. The highest BCUT2D eigenvalue weighted by Crippen LogP contribution is 2.28. The van der Waals surface area contributed by atoms with Crippen LogP contribution in [-0.2, 0) is 22.7 Å². The number of piperidine rings is 1. The highest BCUT2D eigenvalue weighted by Gasteiger charge is 2.34. The predicted octanol–water partition coefficient (Wildman–Crippen LogP) is 2.51. The Hall–Kier alpha value is -2.37. The molecule has 1 aromatic carbocycles. The molecule has 0 aromatic heterocycles. The van der Waals surface area contributed by atoms with Gasteiger partial charge in [-0.2, -0.15) is 0 Å². The van der Waals surface area contributed by atoms with Crippen molar-refractivity contribution < 1.29 is 19.5 Å². The second kappa shape index (κ2) is 7.48. The van der Waals surface area contributed by atoms with Crippen LogP contribution in [-0.4, -0.2) is 45.8 Å². The van der Waals surface area contributed by atoms with Crippen LogP contribution < -0.4 is 0 Å². The summed E-state index contributed by atoms with van der Waals surface area (Å²) in [7, 11) is 0. The van der Waals surface area contributed by atoms with E-state index in [0.717, 1.165) is 36.9 Å². The molecule has 0 saturated carbocycles. The Labute approximate surface area is 153 Å². The molecule has 26 heavy (non-hydrogen) atoms. The fourth-order valence-electron chi connectivity index (χ4n) is 3.81. The van der Waals surface area contributed by atoms with Gasteiger partial charge in [0.05, 0.1) is 11.5 Å². The van der Waals surface area contributed by atoms with Gasteiger partial charge in [0.1, 0.15) is 0 Å². The normalized spacial score (nSPS) is 20.6. The maximum absolute atomic E-state index is 13.0. The smallest absolute Gasteiger partial charge is 0.335 e. The summed E-state index contributed by atoms with van der Waals surface area (Å²) in [5.74, 6) is -0.913. The van der Waals surface area contributed by atoms with Gasteiger partial charge in [0.2, 0.25) is 11.8 Å². The van der Waals surface area contributed by atoms with Crippen LogP contribution in [0.4, 0.5) is 0 Å². The molecule has 0 bridgehead atoms. The Kier molecular flexibility index (Phi) is 5.30. The molecule has 6 nitrogen and oxygen atoms in total. The number of benzene rings is 1. The van der Waals surface area contributed by atoms with Gasteiger partial charge in [0.15, 0.2) is 0 Å². The highest BCUT2D eigenvalue weighted by atomic mass is 16.4. The number of rotatable bonds is 4. The van der Waals surface area contributed by atoms with Crippen molar-refractivity contribution in [1.82, 2.24) is 9.80 Å². The number of nitrogens with zero attached hydrogens (tertiary/aromatic N) is 2. The van der Waals surface area contributed by atoms with Gasteiger partial charge in [-0.25, -0.2) is 4.79 Å². The lowest BCUT2D eigenvalue weighted by Crippen LogP contribution is -2.47. The standard InChI is InChI=1S/C20H26N2O4/c1-3-13(2)18(23)21-8-4-5-16(11-21)19(24)22-10-15-7-6-14(20(25)26)9-17(15)12-22/h6-7,9,13,16H,3-5,8,10-12H2,1-2H3,(H,25,26). The molecule has 140 valence electrons. The summed E-state index contributed by atoms with van der Waals surface area (Å²) in [6, 6.07) is 5.04. The summed E-state index contributed by atoms with van der Waals surface area (Å²) in [6.07, 6.45) is 2.46. The van der Waals surface area contributed by atoms with E-state index < -0.39 is 5.97 Å². The van der Waals surface area contributed by atoms with E-state index in [-0.39, 0.29) is 29.2 Å². The highest BCUT2D eigenvalue weighted by molar-refractivity contribution is 5.88. The van der Waals surface area contributed by atoms with Crippen LogP contribution in [0.3, 0.4) is 0 Å². The summed E-state index contributed by atoms with van der Waals surface area (Å²) in [4.78, 5) is 40.2. The molecule has 2 heterocycles. The van der Waals surface area contributed by atoms with Gasteiger partial charge in [-0.1, -0.05) is 19.9 Å². The van der Waals surface area contributed by atoms with Gasteiger partial charge in [0.25, 0.3) is 0 Å². The van der Waals surface area contributed by atoms with Gasteiger partial charge in [0, 0.05) is 32.1 Å². The largest absolute Gasteiger partial charge is 0.478 e. The van der Waals surface area contributed by atoms with Crippen LogP contribution in [0.1, 0.15) is 54.6 Å². The van der Waals surface area contributed by atoms with Gasteiger partial charge >= 0.3 is 5.97 Å². The molecule has 0 radical (unpaired) electrons. The zero-order chi connectivity index (χ0) is 18.8. The number of carbonyl (C=O) groups is 3. The molecule has 0 aliphatic carbocycles. The number of likely N-dealkylation sites (tertiary alicyclic amines) is 1. The number of aromatic carboxylic acids is 1. The molecule has 2 unspecified atom stereocenters. The van der Waals surface area contributed by atoms with Crippen molar-refractivity contribution >= 4 is 17.8 Å². The molecule has 1 saturated heterocycles. The second-order valence-corrected chi connectivity index (χ2v) is 7.42. The molecule has 1 aromatic rings. The summed E-state index contributed by atoms with van der Waals surface area (Å²) in [5, 5.41) is 9.12. The number of hydrogen-bond donors (Lipinski definition) is 1. The van der Waals surface area contributed by atoms with E-state index in [0.29, 0.717) is 19.6 Å². The van der Waals surface area contributed by atoms with Crippen LogP contribution in [0.2, 0.25) is 0 Å². The molecule has 3 rings (SSSR count). The number of carbonyl (C=O) groups excluding carboxylic acids is 2. The molecule has 6 heteroatoms. The van der Waals surface area contributed by atoms with Crippen molar-refractivity contribution in [2.45, 2.75) is 46.2 Å². The van der Waals surface area contributed by atoms with Crippen LogP contribution >= 0.6 is 0 Å². The minimum absolute atomic E-state index is 0.00525.